The number of aryl methyl sites for hydroxylation is 2. The fourth-order valence-corrected chi connectivity index (χ4v) is 2.34. The molecule has 1 aliphatic rings. The van der Waals surface area contributed by atoms with Crippen molar-refractivity contribution in [1.82, 2.24) is 19.7 Å². The Hall–Kier alpha value is -1.91. The molecule has 5 nitrogen and oxygen atoms in total. The van der Waals surface area contributed by atoms with Crippen molar-refractivity contribution in [2.75, 3.05) is 12.4 Å². The van der Waals surface area contributed by atoms with E-state index in [1.54, 1.807) is 0 Å². The first kappa shape index (κ1) is 12.1. The monoisotopic (exact) mass is 257 g/mol. The highest BCUT2D eigenvalue weighted by Crippen LogP contribution is 2.39. The van der Waals surface area contributed by atoms with Crippen LogP contribution in [0.3, 0.4) is 0 Å². The molecular weight excluding hydrogens is 238 g/mol. The van der Waals surface area contributed by atoms with Crippen molar-refractivity contribution >= 4 is 5.82 Å². The van der Waals surface area contributed by atoms with Crippen LogP contribution >= 0.6 is 0 Å². The van der Waals surface area contributed by atoms with Gasteiger partial charge < -0.3 is 5.32 Å². The number of hydrogen-bond acceptors (Lipinski definition) is 4. The van der Waals surface area contributed by atoms with Gasteiger partial charge in [0.25, 0.3) is 0 Å². The van der Waals surface area contributed by atoms with Crippen molar-refractivity contribution in [3.05, 3.63) is 28.8 Å². The molecule has 0 atom stereocenters. The number of nitrogens with zero attached hydrogens (tertiary/aromatic N) is 4. The Bertz CT molecular complexity index is 625. The lowest BCUT2D eigenvalue weighted by Crippen LogP contribution is -2.11. The molecule has 0 spiro atoms. The minimum absolute atomic E-state index is 0.531. The highest BCUT2D eigenvalue weighted by molar-refractivity contribution is 5.52. The number of hydrogen-bond donors (Lipinski definition) is 1. The van der Waals surface area contributed by atoms with E-state index in [0.717, 1.165) is 34.4 Å². The van der Waals surface area contributed by atoms with Gasteiger partial charge in [0.05, 0.1) is 5.69 Å². The Balaban J connectivity index is 2.18. The second-order valence-corrected chi connectivity index (χ2v) is 5.24. The number of rotatable bonds is 3. The predicted octanol–water partition coefficient (Wildman–Crippen LogP) is 2.51. The fourth-order valence-electron chi connectivity index (χ4n) is 2.34. The van der Waals surface area contributed by atoms with Crippen LogP contribution in [0.25, 0.3) is 5.82 Å². The summed E-state index contributed by atoms with van der Waals surface area (Å²) in [6.07, 6.45) is 2.39. The highest BCUT2D eigenvalue weighted by atomic mass is 15.3. The van der Waals surface area contributed by atoms with Crippen LogP contribution < -0.4 is 5.32 Å². The lowest BCUT2D eigenvalue weighted by Gasteiger charge is -2.13. The van der Waals surface area contributed by atoms with Crippen LogP contribution in [0.5, 0.6) is 0 Å². The van der Waals surface area contributed by atoms with Gasteiger partial charge in [-0.1, -0.05) is 0 Å². The molecule has 19 heavy (non-hydrogen) atoms. The zero-order chi connectivity index (χ0) is 13.6. The molecule has 2 heterocycles. The third kappa shape index (κ3) is 2.09. The molecule has 100 valence electrons. The Morgan fingerprint density at radius 3 is 2.47 bits per heavy atom. The Morgan fingerprint density at radius 1 is 1.21 bits per heavy atom. The third-order valence-electron chi connectivity index (χ3n) is 3.53. The largest absolute Gasteiger partial charge is 0.373 e. The molecule has 0 saturated heterocycles. The Labute approximate surface area is 113 Å². The average Bonchev–Trinajstić information content (AvgIpc) is 3.16. The minimum atomic E-state index is 0.531. The number of nitrogens with one attached hydrogen (secondary N) is 1. The molecule has 0 aliphatic heterocycles. The van der Waals surface area contributed by atoms with E-state index in [9.17, 15) is 0 Å². The second kappa shape index (κ2) is 4.33. The molecule has 3 rings (SSSR count). The lowest BCUT2D eigenvalue weighted by atomic mass is 10.2. The summed E-state index contributed by atoms with van der Waals surface area (Å²) in [6.45, 7) is 6.09. The molecular formula is C14H19N5. The van der Waals surface area contributed by atoms with E-state index >= 15 is 0 Å². The van der Waals surface area contributed by atoms with E-state index in [-0.39, 0.29) is 0 Å². The van der Waals surface area contributed by atoms with Crippen molar-refractivity contribution in [3.63, 3.8) is 0 Å². The summed E-state index contributed by atoms with van der Waals surface area (Å²) in [6, 6.07) is 2.07. The maximum Gasteiger partial charge on any atom is 0.162 e. The van der Waals surface area contributed by atoms with Crippen LogP contribution in [-0.4, -0.2) is 26.8 Å². The topological polar surface area (TPSA) is 55.6 Å². The van der Waals surface area contributed by atoms with Crippen molar-refractivity contribution in [1.29, 1.82) is 0 Å². The zero-order valence-corrected chi connectivity index (χ0v) is 11.9. The van der Waals surface area contributed by atoms with E-state index in [1.807, 2.05) is 25.6 Å². The SMILES string of the molecule is CNc1nc(C2CC2)nc(-n2nc(C)cc2C)c1C. The van der Waals surface area contributed by atoms with E-state index in [4.69, 9.17) is 4.98 Å². The van der Waals surface area contributed by atoms with E-state index in [1.165, 1.54) is 12.8 Å². The van der Waals surface area contributed by atoms with Gasteiger partial charge in [-0.25, -0.2) is 14.6 Å². The van der Waals surface area contributed by atoms with Gasteiger partial charge in [0.2, 0.25) is 0 Å². The molecule has 0 radical (unpaired) electrons. The van der Waals surface area contributed by atoms with Gasteiger partial charge in [0.15, 0.2) is 5.82 Å². The van der Waals surface area contributed by atoms with Crippen LogP contribution in [-0.2, 0) is 0 Å². The maximum absolute atomic E-state index is 4.74. The molecule has 2 aromatic rings. The van der Waals surface area contributed by atoms with E-state index < -0.39 is 0 Å². The summed E-state index contributed by atoms with van der Waals surface area (Å²) in [5.41, 5.74) is 3.15. The van der Waals surface area contributed by atoms with Crippen LogP contribution in [0.2, 0.25) is 0 Å². The van der Waals surface area contributed by atoms with Crippen LogP contribution in [0.15, 0.2) is 6.07 Å². The number of anilines is 1. The lowest BCUT2D eigenvalue weighted by molar-refractivity contribution is 0.773. The quantitative estimate of drug-likeness (QED) is 0.918. The molecule has 2 aromatic heterocycles. The molecule has 1 N–H and O–H groups in total. The minimum Gasteiger partial charge on any atom is -0.373 e. The van der Waals surface area contributed by atoms with Gasteiger partial charge in [0.1, 0.15) is 11.6 Å². The van der Waals surface area contributed by atoms with Gasteiger partial charge in [-0.3, -0.25) is 0 Å². The summed E-state index contributed by atoms with van der Waals surface area (Å²) in [5.74, 6) is 3.27. The first-order valence-corrected chi connectivity index (χ1v) is 6.70. The molecule has 5 heteroatoms. The summed E-state index contributed by atoms with van der Waals surface area (Å²) in [7, 11) is 1.90. The van der Waals surface area contributed by atoms with Crippen molar-refractivity contribution in [2.45, 2.75) is 39.5 Å². The Morgan fingerprint density at radius 2 is 1.95 bits per heavy atom. The van der Waals surface area contributed by atoms with Gasteiger partial charge in [-0.15, -0.1) is 0 Å². The summed E-state index contributed by atoms with van der Waals surface area (Å²) >= 11 is 0. The van der Waals surface area contributed by atoms with Crippen molar-refractivity contribution < 1.29 is 0 Å². The zero-order valence-electron chi connectivity index (χ0n) is 11.9. The van der Waals surface area contributed by atoms with E-state index in [0.29, 0.717) is 5.92 Å². The number of aromatic nitrogens is 4. The molecule has 0 amide bonds. The van der Waals surface area contributed by atoms with Crippen molar-refractivity contribution in [3.8, 4) is 5.82 Å². The highest BCUT2D eigenvalue weighted by Gasteiger charge is 2.28. The molecule has 1 aliphatic carbocycles. The van der Waals surface area contributed by atoms with Gasteiger partial charge in [0, 0.05) is 24.2 Å². The summed E-state index contributed by atoms with van der Waals surface area (Å²) < 4.78 is 1.92. The predicted molar refractivity (Wildman–Crippen MR) is 74.9 cm³/mol. The molecule has 1 saturated carbocycles. The van der Waals surface area contributed by atoms with Crippen LogP contribution in [0, 0.1) is 20.8 Å². The molecule has 0 bridgehead atoms. The normalized spacial score (nSPS) is 14.7. The maximum atomic E-state index is 4.74. The summed E-state index contributed by atoms with van der Waals surface area (Å²) in [5, 5.41) is 7.70. The average molecular weight is 257 g/mol. The fraction of sp³-hybridized carbons (Fsp3) is 0.500. The first-order chi connectivity index (χ1) is 9.10. The van der Waals surface area contributed by atoms with Crippen molar-refractivity contribution in [2.24, 2.45) is 0 Å². The van der Waals surface area contributed by atoms with Gasteiger partial charge in [-0.2, -0.15) is 5.10 Å². The van der Waals surface area contributed by atoms with Crippen LogP contribution in [0.1, 0.15) is 41.5 Å². The van der Waals surface area contributed by atoms with Gasteiger partial charge >= 0.3 is 0 Å². The standard InChI is InChI=1S/C14H19N5/c1-8-7-9(2)19(18-8)14-10(3)12(15-4)16-13(17-14)11-5-6-11/h7,11H,5-6H2,1-4H3,(H,15,16,17). The molecule has 1 fully saturated rings. The molecule has 0 unspecified atom stereocenters. The third-order valence-corrected chi connectivity index (χ3v) is 3.53. The van der Waals surface area contributed by atoms with Crippen LogP contribution in [0.4, 0.5) is 5.82 Å². The second-order valence-electron chi connectivity index (χ2n) is 5.24. The molecule has 0 aromatic carbocycles. The van der Waals surface area contributed by atoms with E-state index in [2.05, 4.69) is 28.4 Å². The Kier molecular flexibility index (Phi) is 2.77. The first-order valence-electron chi connectivity index (χ1n) is 6.70. The summed E-state index contributed by atoms with van der Waals surface area (Å²) in [4.78, 5) is 9.35. The smallest absolute Gasteiger partial charge is 0.162 e. The van der Waals surface area contributed by atoms with Gasteiger partial charge in [-0.05, 0) is 39.7 Å².